The normalized spacial score (nSPS) is 34.8. The zero-order valence-corrected chi connectivity index (χ0v) is 28.6. The highest BCUT2D eigenvalue weighted by atomic mass is 16.8. The summed E-state index contributed by atoms with van der Waals surface area (Å²) in [5.74, 6) is -1.42. The number of hydrogen-bond donors (Lipinski definition) is 7. The predicted molar refractivity (Wildman–Crippen MR) is 179 cm³/mol. The summed E-state index contributed by atoms with van der Waals surface area (Å²) in [6, 6.07) is 12.9. The van der Waals surface area contributed by atoms with Crippen molar-refractivity contribution in [3.05, 3.63) is 76.9 Å². The number of nitrogens with zero attached hydrogens (tertiary/aromatic N) is 1. The van der Waals surface area contributed by atoms with Crippen LogP contribution < -0.4 is 10.6 Å². The first-order valence-electron chi connectivity index (χ1n) is 17.5. The van der Waals surface area contributed by atoms with Crippen molar-refractivity contribution in [1.82, 2.24) is 15.7 Å². The van der Waals surface area contributed by atoms with Crippen LogP contribution in [0.3, 0.4) is 0 Å². The van der Waals surface area contributed by atoms with Gasteiger partial charge in [0.1, 0.15) is 61.0 Å². The van der Waals surface area contributed by atoms with E-state index in [2.05, 4.69) is 10.6 Å². The summed E-state index contributed by atoms with van der Waals surface area (Å²) in [7, 11) is 0. The number of amides is 2. The molecule has 2 aromatic rings. The molecule has 17 nitrogen and oxygen atoms in total. The van der Waals surface area contributed by atoms with E-state index in [0.717, 1.165) is 11.1 Å². The fourth-order valence-corrected chi connectivity index (χ4v) is 7.81. The van der Waals surface area contributed by atoms with Gasteiger partial charge in [0.25, 0.3) is 5.91 Å². The maximum absolute atomic E-state index is 14.4. The molecule has 17 heteroatoms. The number of aliphatic hydroxyl groups excluding tert-OH is 5. The Balaban J connectivity index is 1.08. The summed E-state index contributed by atoms with van der Waals surface area (Å²) in [5.41, 5.74) is 1.08. The number of hydrogen-bond acceptors (Lipinski definition) is 15. The van der Waals surface area contributed by atoms with Gasteiger partial charge in [-0.05, 0) is 28.8 Å². The first-order chi connectivity index (χ1) is 25.7. The highest BCUT2D eigenvalue weighted by molar-refractivity contribution is 5.95. The van der Waals surface area contributed by atoms with Crippen LogP contribution in [0, 0.1) is 5.41 Å². The average Bonchev–Trinajstić information content (AvgIpc) is 3.80. The van der Waals surface area contributed by atoms with Crippen LogP contribution in [-0.4, -0.2) is 143 Å². The Hall–Kier alpha value is -3.85. The number of rotatable bonds is 13. The van der Waals surface area contributed by atoms with Crippen LogP contribution in [0.2, 0.25) is 0 Å². The van der Waals surface area contributed by atoms with E-state index in [1.54, 1.807) is 36.4 Å². The van der Waals surface area contributed by atoms with Crippen molar-refractivity contribution in [3.63, 3.8) is 0 Å². The van der Waals surface area contributed by atoms with E-state index in [4.69, 9.17) is 33.6 Å². The third-order valence-corrected chi connectivity index (χ3v) is 10.4. The van der Waals surface area contributed by atoms with Crippen LogP contribution in [-0.2, 0) is 51.2 Å². The van der Waals surface area contributed by atoms with Gasteiger partial charge in [-0.3, -0.25) is 19.2 Å². The number of aliphatic hydroxyl groups is 5. The Kier molecular flexibility index (Phi) is 11.2. The minimum absolute atomic E-state index is 0.0461. The maximum Gasteiger partial charge on any atom is 0.327 e. The van der Waals surface area contributed by atoms with Crippen LogP contribution in [0.25, 0.3) is 6.08 Å². The Morgan fingerprint density at radius 3 is 2.62 bits per heavy atom. The zero-order valence-electron chi connectivity index (χ0n) is 28.6. The van der Waals surface area contributed by atoms with E-state index < -0.39 is 85.1 Å². The van der Waals surface area contributed by atoms with Gasteiger partial charge in [0, 0.05) is 25.1 Å². The van der Waals surface area contributed by atoms with Gasteiger partial charge in [0.05, 0.1) is 26.4 Å². The van der Waals surface area contributed by atoms with Crippen molar-refractivity contribution in [2.75, 3.05) is 33.2 Å². The molecule has 0 spiro atoms. The van der Waals surface area contributed by atoms with Crippen molar-refractivity contribution >= 4 is 23.9 Å². The molecule has 1 saturated carbocycles. The van der Waals surface area contributed by atoms with Gasteiger partial charge in [-0.1, -0.05) is 48.6 Å². The van der Waals surface area contributed by atoms with E-state index in [1.807, 2.05) is 24.3 Å². The minimum Gasteiger partial charge on any atom is -0.458 e. The van der Waals surface area contributed by atoms with Crippen LogP contribution in [0.4, 0.5) is 0 Å². The van der Waals surface area contributed by atoms with Gasteiger partial charge in [-0.15, -0.1) is 0 Å². The maximum atomic E-state index is 14.4. The summed E-state index contributed by atoms with van der Waals surface area (Å²) in [5, 5.41) is 55.9. The van der Waals surface area contributed by atoms with E-state index in [-0.39, 0.29) is 52.0 Å². The van der Waals surface area contributed by atoms with E-state index in [9.17, 15) is 34.8 Å². The lowest BCUT2D eigenvalue weighted by molar-refractivity contribution is -0.298. The largest absolute Gasteiger partial charge is 0.458 e. The van der Waals surface area contributed by atoms with E-state index in [0.29, 0.717) is 11.1 Å². The van der Waals surface area contributed by atoms with Gasteiger partial charge in [-0.2, -0.15) is 5.06 Å². The average molecular weight is 742 g/mol. The number of ether oxygens (including phenoxy) is 5. The molecule has 5 fully saturated rings. The summed E-state index contributed by atoms with van der Waals surface area (Å²) in [6.45, 7) is -0.638. The molecular formula is C36H43N3O14. The number of carbonyl (C=O) groups is 3. The molecule has 1 aliphatic carbocycles. The lowest BCUT2D eigenvalue weighted by atomic mass is 9.62. The smallest absolute Gasteiger partial charge is 0.327 e. The number of carbonyl (C=O) groups excluding carboxylic acids is 3. The molecule has 4 saturated heterocycles. The Bertz CT molecular complexity index is 1690. The number of hydroxylamine groups is 2. The molecule has 4 aliphatic heterocycles. The summed E-state index contributed by atoms with van der Waals surface area (Å²) >= 11 is 0. The highest BCUT2D eigenvalue weighted by Crippen LogP contribution is 2.55. The number of nitrogens with one attached hydrogen (secondary N) is 2. The van der Waals surface area contributed by atoms with Crippen molar-refractivity contribution in [2.24, 2.45) is 5.41 Å². The van der Waals surface area contributed by atoms with Crippen LogP contribution in [0.5, 0.6) is 0 Å². The van der Waals surface area contributed by atoms with Gasteiger partial charge in [0.15, 0.2) is 12.3 Å². The molecule has 0 unspecified atom stereocenters. The third-order valence-electron chi connectivity index (χ3n) is 10.4. The number of fused-ring (bicyclic) bond motifs is 4. The standard InChI is InChI=1S/C36H43N3O14/c40-11-10-37-32(45)21-8-3-5-19(13-21)15-38-35(47)36-14-23-28-29(50-18-49-28)31(36)53-39(30(36)33(46)51-23)16-22-7-2-1-6-20(22)9-4-12-48-34-27(44)26(43)25(42)24(17-41)52-34/h1-9,13,23-31,34,40-44H,10-12,14-18H2,(H,37,45)(H,38,47)/t23-,24-,25+,26+,27-,28+,29+,30+,31-,34+,36+/m1/s1. The predicted octanol–water partition coefficient (Wildman–Crippen LogP) is -1.90. The molecule has 2 aromatic carbocycles. The fourth-order valence-electron chi connectivity index (χ4n) is 7.81. The molecule has 0 radical (unpaired) electrons. The Labute approximate surface area is 303 Å². The number of benzene rings is 2. The highest BCUT2D eigenvalue weighted by Gasteiger charge is 2.74. The van der Waals surface area contributed by atoms with Crippen LogP contribution in [0.1, 0.15) is 33.5 Å². The first kappa shape index (κ1) is 37.5. The molecule has 53 heavy (non-hydrogen) atoms. The molecule has 4 heterocycles. The molecule has 2 bridgehead atoms. The van der Waals surface area contributed by atoms with Crippen molar-refractivity contribution < 1.29 is 68.4 Å². The first-order valence-corrected chi connectivity index (χ1v) is 17.5. The van der Waals surface area contributed by atoms with Crippen molar-refractivity contribution in [2.45, 2.75) is 80.7 Å². The molecule has 5 aliphatic rings. The minimum atomic E-state index is -1.56. The van der Waals surface area contributed by atoms with Crippen molar-refractivity contribution in [3.8, 4) is 0 Å². The van der Waals surface area contributed by atoms with Gasteiger partial charge >= 0.3 is 5.97 Å². The van der Waals surface area contributed by atoms with Crippen molar-refractivity contribution in [1.29, 1.82) is 0 Å². The Morgan fingerprint density at radius 1 is 1.00 bits per heavy atom. The molecule has 286 valence electrons. The Morgan fingerprint density at radius 2 is 1.81 bits per heavy atom. The second-order valence-electron chi connectivity index (χ2n) is 13.6. The fraction of sp³-hybridized carbons (Fsp3) is 0.528. The topological polar surface area (TPSA) is 235 Å². The molecular weight excluding hydrogens is 698 g/mol. The summed E-state index contributed by atoms with van der Waals surface area (Å²) in [6.07, 6.45) is -6.35. The molecule has 0 aromatic heterocycles. The van der Waals surface area contributed by atoms with E-state index in [1.165, 1.54) is 5.06 Å². The zero-order chi connectivity index (χ0) is 37.3. The lowest BCUT2D eigenvalue weighted by Crippen LogP contribution is -2.69. The number of esters is 1. The molecule has 7 N–H and O–H groups in total. The molecule has 2 amide bonds. The second kappa shape index (κ2) is 15.9. The monoisotopic (exact) mass is 741 g/mol. The third kappa shape index (κ3) is 7.10. The molecule has 11 atom stereocenters. The SMILES string of the molecule is O=C(NCCO)c1cccc(CNC(=O)[C@@]23C[C@H]4OC(=O)[C@@H]2N(Cc2ccccc2C=CCO[C@H]2O[C@H](CO)[C@H](O)[C@H](O)[C@H]2O)O[C@@H]3[C@H]2OCO[C@H]24)c1. The summed E-state index contributed by atoms with van der Waals surface area (Å²) in [4.78, 5) is 47.2. The lowest BCUT2D eigenvalue weighted by Gasteiger charge is -2.48. The molecule has 7 rings (SSSR count). The van der Waals surface area contributed by atoms with Crippen LogP contribution in [0.15, 0.2) is 54.6 Å². The van der Waals surface area contributed by atoms with E-state index >= 15 is 0 Å². The summed E-state index contributed by atoms with van der Waals surface area (Å²) < 4.78 is 28.6. The quantitative estimate of drug-likeness (QED) is 0.111. The van der Waals surface area contributed by atoms with Gasteiger partial charge < -0.3 is 59.9 Å². The second-order valence-corrected chi connectivity index (χ2v) is 13.6. The van der Waals surface area contributed by atoms with Gasteiger partial charge in [0.2, 0.25) is 5.91 Å². The van der Waals surface area contributed by atoms with Gasteiger partial charge in [-0.25, -0.2) is 0 Å². The van der Waals surface area contributed by atoms with Crippen LogP contribution >= 0.6 is 0 Å².